The van der Waals surface area contributed by atoms with Crippen LogP contribution < -0.4 is 4.74 Å². The highest BCUT2D eigenvalue weighted by atomic mass is 16.6. The molecule has 1 aliphatic heterocycles. The average Bonchev–Trinajstić information content (AvgIpc) is 3.12. The summed E-state index contributed by atoms with van der Waals surface area (Å²) in [7, 11) is 1.57. The maximum atomic E-state index is 13.1. The molecule has 0 N–H and O–H groups in total. The van der Waals surface area contributed by atoms with Gasteiger partial charge in [0, 0.05) is 24.0 Å². The van der Waals surface area contributed by atoms with Crippen LogP contribution in [-0.4, -0.2) is 41.4 Å². The van der Waals surface area contributed by atoms with Gasteiger partial charge in [-0.15, -0.1) is 0 Å². The number of nitrogens with zero attached hydrogens (tertiary/aromatic N) is 1. The van der Waals surface area contributed by atoms with Crippen molar-refractivity contribution in [3.63, 3.8) is 0 Å². The molecule has 2 aromatic rings. The van der Waals surface area contributed by atoms with E-state index in [9.17, 15) is 14.4 Å². The Bertz CT molecular complexity index is 973. The van der Waals surface area contributed by atoms with Crippen LogP contribution in [0.15, 0.2) is 66.7 Å². The molecule has 0 aromatic heterocycles. The third-order valence-electron chi connectivity index (χ3n) is 5.02. The van der Waals surface area contributed by atoms with Crippen molar-refractivity contribution >= 4 is 17.8 Å². The predicted molar refractivity (Wildman–Crippen MR) is 117 cm³/mol. The molecule has 6 heteroatoms. The van der Waals surface area contributed by atoms with Crippen LogP contribution in [0.25, 0.3) is 0 Å². The summed E-state index contributed by atoms with van der Waals surface area (Å²) in [6.45, 7) is 5.24. The third kappa shape index (κ3) is 5.40. The quantitative estimate of drug-likeness (QED) is 0.629. The summed E-state index contributed by atoms with van der Waals surface area (Å²) in [6.07, 6.45) is 2.44. The first-order valence-corrected chi connectivity index (χ1v) is 10.2. The molecule has 2 amide bonds. The lowest BCUT2D eigenvalue weighted by atomic mass is 9.85. The number of Topliss-reactive ketones (excluding diaryl/α,β-unsaturated/α-hetero) is 1. The summed E-state index contributed by atoms with van der Waals surface area (Å²) < 4.78 is 10.6. The molecule has 1 heterocycles. The molecule has 2 aromatic carbocycles. The number of rotatable bonds is 6. The van der Waals surface area contributed by atoms with E-state index in [1.54, 1.807) is 58.2 Å². The molecular weight excluding hydrogens is 394 g/mol. The molecule has 0 aliphatic carbocycles. The normalized spacial score (nSPS) is 16.8. The van der Waals surface area contributed by atoms with Crippen LogP contribution in [0.5, 0.6) is 5.75 Å². The molecule has 0 saturated carbocycles. The SMILES string of the molecule is COc1ccc(C(=O)C[C@@H](c2ccccc2)[C@H]2C=CC(=O)N2C(=O)OC(C)(C)C)cc1. The van der Waals surface area contributed by atoms with Crippen LogP contribution in [0.4, 0.5) is 4.79 Å². The largest absolute Gasteiger partial charge is 0.497 e. The van der Waals surface area contributed by atoms with Crippen molar-refractivity contribution in [3.8, 4) is 5.75 Å². The third-order valence-corrected chi connectivity index (χ3v) is 5.02. The fourth-order valence-corrected chi connectivity index (χ4v) is 3.56. The van der Waals surface area contributed by atoms with E-state index in [4.69, 9.17) is 9.47 Å². The number of hydrogen-bond acceptors (Lipinski definition) is 5. The van der Waals surface area contributed by atoms with Gasteiger partial charge in [0.25, 0.3) is 5.91 Å². The second-order valence-corrected chi connectivity index (χ2v) is 8.41. The molecule has 31 heavy (non-hydrogen) atoms. The summed E-state index contributed by atoms with van der Waals surface area (Å²) in [4.78, 5) is 39.5. The molecule has 0 unspecified atom stereocenters. The molecular formula is C25H27NO5. The Balaban J connectivity index is 1.91. The van der Waals surface area contributed by atoms with Gasteiger partial charge in [0.15, 0.2) is 5.78 Å². The maximum absolute atomic E-state index is 13.1. The molecule has 0 spiro atoms. The predicted octanol–water partition coefficient (Wildman–Crippen LogP) is 4.75. The summed E-state index contributed by atoms with van der Waals surface area (Å²) >= 11 is 0. The van der Waals surface area contributed by atoms with Crippen molar-refractivity contribution < 1.29 is 23.9 Å². The van der Waals surface area contributed by atoms with Crippen molar-refractivity contribution in [3.05, 3.63) is 77.9 Å². The topological polar surface area (TPSA) is 72.9 Å². The molecule has 0 bridgehead atoms. The first-order valence-electron chi connectivity index (χ1n) is 10.2. The van der Waals surface area contributed by atoms with Gasteiger partial charge in [0.1, 0.15) is 11.4 Å². The monoisotopic (exact) mass is 421 g/mol. The van der Waals surface area contributed by atoms with Crippen LogP contribution in [0.1, 0.15) is 49.0 Å². The Hall–Kier alpha value is -3.41. The molecule has 1 aliphatic rings. The molecule has 0 radical (unpaired) electrons. The van der Waals surface area contributed by atoms with Gasteiger partial charge in [0.2, 0.25) is 0 Å². The molecule has 0 fully saturated rings. The smallest absolute Gasteiger partial charge is 0.417 e. The Morgan fingerprint density at radius 3 is 2.26 bits per heavy atom. The van der Waals surface area contributed by atoms with Crippen molar-refractivity contribution in [2.24, 2.45) is 0 Å². The van der Waals surface area contributed by atoms with E-state index in [-0.39, 0.29) is 12.2 Å². The molecule has 0 saturated heterocycles. The van der Waals surface area contributed by atoms with E-state index in [2.05, 4.69) is 0 Å². The highest BCUT2D eigenvalue weighted by Crippen LogP contribution is 2.33. The average molecular weight is 421 g/mol. The van der Waals surface area contributed by atoms with Crippen molar-refractivity contribution in [2.75, 3.05) is 7.11 Å². The number of amides is 2. The standard InChI is InChI=1S/C25H27NO5/c1-25(2,3)31-24(29)26-21(14-15-23(26)28)20(17-8-6-5-7-9-17)16-22(27)18-10-12-19(30-4)13-11-18/h5-15,20-21H,16H2,1-4H3/t20-,21+/m0/s1. The molecule has 2 atom stereocenters. The van der Waals surface area contributed by atoms with Gasteiger partial charge in [-0.25, -0.2) is 9.69 Å². The van der Waals surface area contributed by atoms with Gasteiger partial charge in [-0.3, -0.25) is 9.59 Å². The fourth-order valence-electron chi connectivity index (χ4n) is 3.56. The van der Waals surface area contributed by atoms with E-state index >= 15 is 0 Å². The first-order chi connectivity index (χ1) is 14.7. The zero-order valence-corrected chi connectivity index (χ0v) is 18.2. The van der Waals surface area contributed by atoms with E-state index < -0.39 is 29.6 Å². The van der Waals surface area contributed by atoms with E-state index in [0.717, 1.165) is 10.5 Å². The van der Waals surface area contributed by atoms with Crippen LogP contribution in [-0.2, 0) is 9.53 Å². The number of hydrogen-bond donors (Lipinski definition) is 0. The lowest BCUT2D eigenvalue weighted by molar-refractivity contribution is -0.125. The van der Waals surface area contributed by atoms with Crippen LogP contribution in [0.2, 0.25) is 0 Å². The fraction of sp³-hybridized carbons (Fsp3) is 0.320. The number of benzene rings is 2. The summed E-state index contributed by atoms with van der Waals surface area (Å²) in [5.41, 5.74) is 0.659. The molecule has 3 rings (SSSR count). The second kappa shape index (κ2) is 9.16. The Morgan fingerprint density at radius 1 is 1.03 bits per heavy atom. The number of imide groups is 1. The maximum Gasteiger partial charge on any atom is 0.417 e. The van der Waals surface area contributed by atoms with Gasteiger partial charge < -0.3 is 9.47 Å². The number of carbonyl (C=O) groups is 3. The Labute approximate surface area is 182 Å². The lowest BCUT2D eigenvalue weighted by Crippen LogP contribution is -2.45. The minimum absolute atomic E-state index is 0.0895. The van der Waals surface area contributed by atoms with Gasteiger partial charge in [-0.1, -0.05) is 36.4 Å². The van der Waals surface area contributed by atoms with Gasteiger partial charge in [-0.2, -0.15) is 0 Å². The Kier molecular flexibility index (Phi) is 6.59. The van der Waals surface area contributed by atoms with Crippen LogP contribution >= 0.6 is 0 Å². The second-order valence-electron chi connectivity index (χ2n) is 8.41. The first kappa shape index (κ1) is 22.3. The number of methoxy groups -OCH3 is 1. The van der Waals surface area contributed by atoms with Crippen molar-refractivity contribution in [1.82, 2.24) is 4.90 Å². The summed E-state index contributed by atoms with van der Waals surface area (Å²) in [6, 6.07) is 15.7. The number of carbonyl (C=O) groups excluding carboxylic acids is 3. The van der Waals surface area contributed by atoms with Gasteiger partial charge in [0.05, 0.1) is 13.2 Å². The van der Waals surface area contributed by atoms with Crippen LogP contribution in [0.3, 0.4) is 0 Å². The zero-order chi connectivity index (χ0) is 22.6. The van der Waals surface area contributed by atoms with Gasteiger partial charge >= 0.3 is 6.09 Å². The highest BCUT2D eigenvalue weighted by molar-refractivity contribution is 6.02. The van der Waals surface area contributed by atoms with Crippen molar-refractivity contribution in [1.29, 1.82) is 0 Å². The minimum atomic E-state index is -0.744. The van der Waals surface area contributed by atoms with E-state index in [1.807, 2.05) is 30.3 Å². The van der Waals surface area contributed by atoms with Crippen molar-refractivity contribution in [2.45, 2.75) is 44.8 Å². The Morgan fingerprint density at radius 2 is 1.68 bits per heavy atom. The zero-order valence-electron chi connectivity index (χ0n) is 18.2. The van der Waals surface area contributed by atoms with E-state index in [1.165, 1.54) is 6.08 Å². The molecule has 162 valence electrons. The van der Waals surface area contributed by atoms with Crippen LogP contribution in [0, 0.1) is 0 Å². The summed E-state index contributed by atoms with van der Waals surface area (Å²) in [5.74, 6) is -0.284. The minimum Gasteiger partial charge on any atom is -0.497 e. The highest BCUT2D eigenvalue weighted by Gasteiger charge is 2.40. The summed E-state index contributed by atoms with van der Waals surface area (Å²) in [5, 5.41) is 0. The number of ether oxygens (including phenoxy) is 2. The number of ketones is 1. The van der Waals surface area contributed by atoms with Gasteiger partial charge in [-0.05, 0) is 50.6 Å². The lowest BCUT2D eigenvalue weighted by Gasteiger charge is -2.32. The molecule has 6 nitrogen and oxygen atoms in total. The van der Waals surface area contributed by atoms with E-state index in [0.29, 0.717) is 11.3 Å².